The molecular formula is C19H21N3OS. The summed E-state index contributed by atoms with van der Waals surface area (Å²) in [6.45, 7) is 2.86. The molecule has 1 saturated heterocycles. The number of aromatic nitrogens is 2. The van der Waals surface area contributed by atoms with Gasteiger partial charge in [0.25, 0.3) is 5.91 Å². The number of nitrogens with zero attached hydrogens (tertiary/aromatic N) is 3. The second-order valence-electron chi connectivity index (χ2n) is 6.52. The van der Waals surface area contributed by atoms with Crippen molar-refractivity contribution in [2.45, 2.75) is 32.2 Å². The van der Waals surface area contributed by atoms with Gasteiger partial charge in [-0.05, 0) is 37.8 Å². The van der Waals surface area contributed by atoms with E-state index in [0.717, 1.165) is 46.6 Å². The first-order valence-corrected chi connectivity index (χ1v) is 9.23. The SMILES string of the molecule is Cc1nn(C)c2sc(C(=O)N3CCCC3Cc3ccccc3)cc12. The summed E-state index contributed by atoms with van der Waals surface area (Å²) in [4.78, 5) is 17.0. The maximum atomic E-state index is 13.0. The Bertz CT molecular complexity index is 846. The van der Waals surface area contributed by atoms with E-state index >= 15 is 0 Å². The molecule has 1 fully saturated rings. The van der Waals surface area contributed by atoms with Gasteiger partial charge in [0.15, 0.2) is 0 Å². The molecule has 1 aromatic carbocycles. The van der Waals surface area contributed by atoms with Crippen LogP contribution in [0.25, 0.3) is 10.2 Å². The molecule has 0 aliphatic carbocycles. The monoisotopic (exact) mass is 339 g/mol. The quantitative estimate of drug-likeness (QED) is 0.728. The lowest BCUT2D eigenvalue weighted by molar-refractivity contribution is 0.0741. The molecule has 4 nitrogen and oxygen atoms in total. The first-order chi connectivity index (χ1) is 11.6. The van der Waals surface area contributed by atoms with Gasteiger partial charge >= 0.3 is 0 Å². The van der Waals surface area contributed by atoms with Gasteiger partial charge in [0.1, 0.15) is 4.83 Å². The van der Waals surface area contributed by atoms with Crippen LogP contribution >= 0.6 is 11.3 Å². The molecule has 0 N–H and O–H groups in total. The zero-order chi connectivity index (χ0) is 16.7. The zero-order valence-electron chi connectivity index (χ0n) is 14.0. The highest BCUT2D eigenvalue weighted by Crippen LogP contribution is 2.31. The van der Waals surface area contributed by atoms with Crippen LogP contribution in [0.3, 0.4) is 0 Å². The Kier molecular flexibility index (Phi) is 3.88. The molecule has 1 aliphatic heterocycles. The van der Waals surface area contributed by atoms with Crippen LogP contribution in [-0.4, -0.2) is 33.2 Å². The van der Waals surface area contributed by atoms with Crippen molar-refractivity contribution in [1.82, 2.24) is 14.7 Å². The fraction of sp³-hybridized carbons (Fsp3) is 0.368. The molecule has 0 spiro atoms. The molecule has 3 aromatic rings. The molecule has 5 heteroatoms. The molecule has 3 heterocycles. The molecular weight excluding hydrogens is 318 g/mol. The Morgan fingerprint density at radius 2 is 2.12 bits per heavy atom. The molecule has 1 unspecified atom stereocenters. The normalized spacial score (nSPS) is 17.8. The van der Waals surface area contributed by atoms with E-state index in [2.05, 4.69) is 34.3 Å². The number of amides is 1. The number of benzene rings is 1. The molecule has 1 aliphatic rings. The summed E-state index contributed by atoms with van der Waals surface area (Å²) in [7, 11) is 1.94. The Morgan fingerprint density at radius 1 is 1.33 bits per heavy atom. The average Bonchev–Trinajstić information content (AvgIpc) is 3.27. The molecule has 2 aromatic heterocycles. The molecule has 0 radical (unpaired) electrons. The van der Waals surface area contributed by atoms with Crippen LogP contribution in [0.4, 0.5) is 0 Å². The van der Waals surface area contributed by atoms with E-state index in [1.54, 1.807) is 11.3 Å². The Labute approximate surface area is 145 Å². The Hall–Kier alpha value is -2.14. The van der Waals surface area contributed by atoms with Crippen molar-refractivity contribution < 1.29 is 4.79 Å². The van der Waals surface area contributed by atoms with Crippen molar-refractivity contribution in [3.8, 4) is 0 Å². The number of hydrogen-bond acceptors (Lipinski definition) is 3. The number of hydrogen-bond donors (Lipinski definition) is 0. The van der Waals surface area contributed by atoms with Crippen LogP contribution in [0.1, 0.15) is 33.8 Å². The molecule has 0 saturated carbocycles. The maximum absolute atomic E-state index is 13.0. The third-order valence-corrected chi connectivity index (χ3v) is 6.05. The first-order valence-electron chi connectivity index (χ1n) is 8.41. The van der Waals surface area contributed by atoms with Crippen molar-refractivity contribution in [3.05, 3.63) is 52.5 Å². The predicted octanol–water partition coefficient (Wildman–Crippen LogP) is 3.79. The van der Waals surface area contributed by atoms with E-state index < -0.39 is 0 Å². The number of rotatable bonds is 3. The van der Waals surface area contributed by atoms with Crippen LogP contribution in [0.2, 0.25) is 0 Å². The lowest BCUT2D eigenvalue weighted by atomic mass is 10.0. The van der Waals surface area contributed by atoms with Crippen LogP contribution < -0.4 is 0 Å². The number of carbonyl (C=O) groups excluding carboxylic acids is 1. The van der Waals surface area contributed by atoms with Crippen LogP contribution in [0.5, 0.6) is 0 Å². The molecule has 1 atom stereocenters. The smallest absolute Gasteiger partial charge is 0.264 e. The van der Waals surface area contributed by atoms with Crippen molar-refractivity contribution >= 4 is 27.5 Å². The van der Waals surface area contributed by atoms with Gasteiger partial charge < -0.3 is 4.90 Å². The van der Waals surface area contributed by atoms with Gasteiger partial charge in [-0.25, -0.2) is 0 Å². The number of likely N-dealkylation sites (tertiary alicyclic amines) is 1. The highest BCUT2D eigenvalue weighted by atomic mass is 32.1. The number of thiophene rings is 1. The third kappa shape index (κ3) is 2.63. The summed E-state index contributed by atoms with van der Waals surface area (Å²) in [5, 5.41) is 5.52. The predicted molar refractivity (Wildman–Crippen MR) is 97.5 cm³/mol. The summed E-state index contributed by atoms with van der Waals surface area (Å²) in [5.74, 6) is 0.175. The Morgan fingerprint density at radius 3 is 2.88 bits per heavy atom. The Balaban J connectivity index is 1.58. The summed E-state index contributed by atoms with van der Waals surface area (Å²) in [6.07, 6.45) is 3.12. The van der Waals surface area contributed by atoms with Gasteiger partial charge in [-0.2, -0.15) is 5.10 Å². The lowest BCUT2D eigenvalue weighted by Crippen LogP contribution is -2.36. The van der Waals surface area contributed by atoms with Gasteiger partial charge in [-0.15, -0.1) is 11.3 Å². The first kappa shape index (κ1) is 15.4. The number of aryl methyl sites for hydroxylation is 2. The topological polar surface area (TPSA) is 38.1 Å². The molecule has 124 valence electrons. The van der Waals surface area contributed by atoms with Gasteiger partial charge in [0, 0.05) is 25.0 Å². The number of fused-ring (bicyclic) bond motifs is 1. The second kappa shape index (κ2) is 6.06. The van der Waals surface area contributed by atoms with Gasteiger partial charge in [0.2, 0.25) is 0 Å². The van der Waals surface area contributed by atoms with E-state index in [-0.39, 0.29) is 5.91 Å². The van der Waals surface area contributed by atoms with Crippen molar-refractivity contribution in [2.75, 3.05) is 6.54 Å². The minimum Gasteiger partial charge on any atom is -0.335 e. The van der Waals surface area contributed by atoms with Crippen LogP contribution in [-0.2, 0) is 13.5 Å². The van der Waals surface area contributed by atoms with Gasteiger partial charge in [-0.3, -0.25) is 9.48 Å². The summed E-state index contributed by atoms with van der Waals surface area (Å²) >= 11 is 1.56. The summed E-state index contributed by atoms with van der Waals surface area (Å²) < 4.78 is 1.87. The maximum Gasteiger partial charge on any atom is 0.264 e. The highest BCUT2D eigenvalue weighted by molar-refractivity contribution is 7.20. The summed E-state index contributed by atoms with van der Waals surface area (Å²) in [6, 6.07) is 12.8. The minimum atomic E-state index is 0.175. The van der Waals surface area contributed by atoms with Crippen molar-refractivity contribution in [3.63, 3.8) is 0 Å². The fourth-order valence-electron chi connectivity index (χ4n) is 3.65. The van der Waals surface area contributed by atoms with Crippen LogP contribution in [0.15, 0.2) is 36.4 Å². The third-order valence-electron chi connectivity index (χ3n) is 4.86. The molecule has 0 bridgehead atoms. The van der Waals surface area contributed by atoms with Gasteiger partial charge in [0.05, 0.1) is 10.6 Å². The van der Waals surface area contributed by atoms with E-state index in [4.69, 9.17) is 0 Å². The zero-order valence-corrected chi connectivity index (χ0v) is 14.8. The van der Waals surface area contributed by atoms with E-state index in [1.165, 1.54) is 5.56 Å². The minimum absolute atomic E-state index is 0.175. The highest BCUT2D eigenvalue weighted by Gasteiger charge is 2.30. The standard InChI is InChI=1S/C19H21N3OS/c1-13-16-12-17(24-19(16)21(2)20-13)18(23)22-10-6-9-15(22)11-14-7-4-3-5-8-14/h3-5,7-8,12,15H,6,9-11H2,1-2H3. The van der Waals surface area contributed by atoms with E-state index in [1.807, 2.05) is 30.8 Å². The van der Waals surface area contributed by atoms with Gasteiger partial charge in [-0.1, -0.05) is 30.3 Å². The molecule has 1 amide bonds. The van der Waals surface area contributed by atoms with Crippen LogP contribution in [0, 0.1) is 6.92 Å². The largest absolute Gasteiger partial charge is 0.335 e. The molecule has 24 heavy (non-hydrogen) atoms. The van der Waals surface area contributed by atoms with E-state index in [0.29, 0.717) is 6.04 Å². The fourth-order valence-corrected chi connectivity index (χ4v) is 4.73. The number of carbonyl (C=O) groups is 1. The lowest BCUT2D eigenvalue weighted by Gasteiger charge is -2.24. The van der Waals surface area contributed by atoms with Crippen molar-refractivity contribution in [2.24, 2.45) is 7.05 Å². The molecule has 4 rings (SSSR count). The summed E-state index contributed by atoms with van der Waals surface area (Å²) in [5.41, 5.74) is 2.30. The second-order valence-corrected chi connectivity index (χ2v) is 7.55. The average molecular weight is 339 g/mol. The van der Waals surface area contributed by atoms with Crippen molar-refractivity contribution in [1.29, 1.82) is 0 Å². The van der Waals surface area contributed by atoms with E-state index in [9.17, 15) is 4.79 Å².